The van der Waals surface area contributed by atoms with Gasteiger partial charge >= 0.3 is 6.03 Å². The molecule has 1 aromatic rings. The van der Waals surface area contributed by atoms with Gasteiger partial charge in [0.05, 0.1) is 10.8 Å². The van der Waals surface area contributed by atoms with Crippen LogP contribution in [-0.2, 0) is 10.8 Å². The maximum Gasteiger partial charge on any atom is 0.317 e. The fourth-order valence-corrected chi connectivity index (χ4v) is 4.31. The summed E-state index contributed by atoms with van der Waals surface area (Å²) in [7, 11) is -0.918. The van der Waals surface area contributed by atoms with Gasteiger partial charge in [-0.2, -0.15) is 0 Å². The molecule has 2 fully saturated rings. The summed E-state index contributed by atoms with van der Waals surface area (Å²) in [6.07, 6.45) is 2.04. The molecule has 0 spiro atoms. The molecule has 2 aliphatic heterocycles. The van der Waals surface area contributed by atoms with Crippen LogP contribution in [0.25, 0.3) is 0 Å². The van der Waals surface area contributed by atoms with Crippen molar-refractivity contribution in [3.05, 3.63) is 30.3 Å². The van der Waals surface area contributed by atoms with Crippen molar-refractivity contribution in [3.8, 4) is 0 Å². The number of rotatable bonds is 5. The van der Waals surface area contributed by atoms with E-state index in [2.05, 4.69) is 10.2 Å². The normalized spacial score (nSPS) is 21.8. The molecule has 22 heavy (non-hydrogen) atoms. The van der Waals surface area contributed by atoms with Gasteiger partial charge in [-0.25, -0.2) is 4.79 Å². The van der Waals surface area contributed by atoms with Crippen molar-refractivity contribution in [3.63, 3.8) is 0 Å². The van der Waals surface area contributed by atoms with Crippen LogP contribution in [0.3, 0.4) is 0 Å². The Labute approximate surface area is 134 Å². The molecule has 0 saturated carbocycles. The highest BCUT2D eigenvalue weighted by Crippen LogP contribution is 2.18. The molecule has 0 aromatic heterocycles. The van der Waals surface area contributed by atoms with E-state index in [4.69, 9.17) is 0 Å². The summed E-state index contributed by atoms with van der Waals surface area (Å²) in [6, 6.07) is 10.1. The molecule has 0 unspecified atom stereocenters. The second kappa shape index (κ2) is 7.24. The molecular formula is C16H23N3O2S. The van der Waals surface area contributed by atoms with Gasteiger partial charge in [-0.15, -0.1) is 0 Å². The molecule has 5 nitrogen and oxygen atoms in total. The quantitative estimate of drug-likeness (QED) is 0.889. The van der Waals surface area contributed by atoms with E-state index in [1.165, 1.54) is 0 Å². The lowest BCUT2D eigenvalue weighted by molar-refractivity contribution is 0.140. The van der Waals surface area contributed by atoms with Crippen molar-refractivity contribution >= 4 is 16.8 Å². The van der Waals surface area contributed by atoms with Crippen molar-refractivity contribution in [2.24, 2.45) is 0 Å². The summed E-state index contributed by atoms with van der Waals surface area (Å²) in [5.41, 5.74) is 0. The van der Waals surface area contributed by atoms with Crippen LogP contribution < -0.4 is 5.32 Å². The van der Waals surface area contributed by atoms with Gasteiger partial charge in [-0.05, 0) is 25.0 Å². The van der Waals surface area contributed by atoms with Crippen LogP contribution in [0.15, 0.2) is 35.2 Å². The number of benzene rings is 1. The van der Waals surface area contributed by atoms with Crippen molar-refractivity contribution in [2.45, 2.75) is 23.8 Å². The second-order valence-electron chi connectivity index (χ2n) is 5.86. The number of amides is 2. The molecule has 0 bridgehead atoms. The SMILES string of the molecule is O=C1NCCN1C1CCN(CC[S@@](=O)c2ccccc2)CC1. The molecule has 1 N–H and O–H groups in total. The molecule has 2 saturated heterocycles. The van der Waals surface area contributed by atoms with E-state index < -0.39 is 10.8 Å². The van der Waals surface area contributed by atoms with Gasteiger partial charge in [0, 0.05) is 49.4 Å². The molecule has 0 radical (unpaired) electrons. The van der Waals surface area contributed by atoms with E-state index in [0.717, 1.165) is 50.5 Å². The summed E-state index contributed by atoms with van der Waals surface area (Å²) in [5.74, 6) is 0.679. The third-order valence-electron chi connectivity index (χ3n) is 4.49. The van der Waals surface area contributed by atoms with E-state index >= 15 is 0 Å². The molecule has 1 atom stereocenters. The Morgan fingerprint density at radius 3 is 2.50 bits per heavy atom. The van der Waals surface area contributed by atoms with Crippen molar-refractivity contribution in [1.29, 1.82) is 0 Å². The number of likely N-dealkylation sites (tertiary alicyclic amines) is 1. The zero-order chi connectivity index (χ0) is 15.4. The van der Waals surface area contributed by atoms with Gasteiger partial charge in [0.2, 0.25) is 0 Å². The highest BCUT2D eigenvalue weighted by molar-refractivity contribution is 7.85. The van der Waals surface area contributed by atoms with Crippen LogP contribution in [-0.4, -0.2) is 64.6 Å². The first-order valence-corrected chi connectivity index (χ1v) is 9.26. The van der Waals surface area contributed by atoms with Crippen LogP contribution in [0.5, 0.6) is 0 Å². The van der Waals surface area contributed by atoms with Crippen molar-refractivity contribution in [2.75, 3.05) is 38.5 Å². The van der Waals surface area contributed by atoms with Crippen LogP contribution >= 0.6 is 0 Å². The number of hydrogen-bond acceptors (Lipinski definition) is 3. The zero-order valence-corrected chi connectivity index (χ0v) is 13.6. The van der Waals surface area contributed by atoms with Gasteiger partial charge in [-0.1, -0.05) is 18.2 Å². The third kappa shape index (κ3) is 3.67. The standard InChI is InChI=1S/C16H23N3O2S/c20-16-17-8-11-19(16)14-6-9-18(10-7-14)12-13-22(21)15-4-2-1-3-5-15/h1-5,14H,6-13H2,(H,17,20)/t22-/m1/s1. The average Bonchev–Trinajstić information content (AvgIpc) is 3.00. The summed E-state index contributed by atoms with van der Waals surface area (Å²) in [4.78, 5) is 16.9. The van der Waals surface area contributed by atoms with E-state index in [1.807, 2.05) is 35.2 Å². The maximum atomic E-state index is 12.2. The third-order valence-corrected chi connectivity index (χ3v) is 5.84. The largest absolute Gasteiger partial charge is 0.336 e. The minimum absolute atomic E-state index is 0.0867. The summed E-state index contributed by atoms with van der Waals surface area (Å²) < 4.78 is 12.2. The Hall–Kier alpha value is -1.40. The van der Waals surface area contributed by atoms with E-state index in [1.54, 1.807) is 0 Å². The minimum atomic E-state index is -0.918. The van der Waals surface area contributed by atoms with Gasteiger partial charge in [-0.3, -0.25) is 4.21 Å². The lowest BCUT2D eigenvalue weighted by Crippen LogP contribution is -2.46. The number of carbonyl (C=O) groups excluding carboxylic acids is 1. The average molecular weight is 321 g/mol. The lowest BCUT2D eigenvalue weighted by Gasteiger charge is -2.36. The van der Waals surface area contributed by atoms with E-state index in [0.29, 0.717) is 11.8 Å². The first-order valence-electron chi connectivity index (χ1n) is 7.94. The molecule has 1 aromatic carbocycles. The predicted molar refractivity (Wildman–Crippen MR) is 87.3 cm³/mol. The Bertz CT molecular complexity index is 529. The fourth-order valence-electron chi connectivity index (χ4n) is 3.19. The van der Waals surface area contributed by atoms with Gasteiger partial charge in [0.25, 0.3) is 0 Å². The predicted octanol–water partition coefficient (Wildman–Crippen LogP) is 1.28. The molecule has 6 heteroatoms. The molecule has 2 aliphatic rings. The zero-order valence-electron chi connectivity index (χ0n) is 12.7. The van der Waals surface area contributed by atoms with Gasteiger partial charge in [0.1, 0.15) is 0 Å². The second-order valence-corrected chi connectivity index (χ2v) is 7.43. The molecule has 0 aliphatic carbocycles. The van der Waals surface area contributed by atoms with E-state index in [9.17, 15) is 9.00 Å². The number of nitrogens with one attached hydrogen (secondary N) is 1. The van der Waals surface area contributed by atoms with Crippen LogP contribution in [0, 0.1) is 0 Å². The fraction of sp³-hybridized carbons (Fsp3) is 0.562. The first kappa shape index (κ1) is 15.5. The Balaban J connectivity index is 1.42. The molecule has 2 amide bonds. The number of nitrogens with zero attached hydrogens (tertiary/aromatic N) is 2. The number of urea groups is 1. The van der Waals surface area contributed by atoms with Crippen LogP contribution in [0.4, 0.5) is 4.79 Å². The maximum absolute atomic E-state index is 12.2. The Morgan fingerprint density at radius 2 is 1.86 bits per heavy atom. The monoisotopic (exact) mass is 321 g/mol. The highest BCUT2D eigenvalue weighted by Gasteiger charge is 2.30. The lowest BCUT2D eigenvalue weighted by atomic mass is 10.0. The first-order chi connectivity index (χ1) is 10.7. The molecule has 2 heterocycles. The number of carbonyl (C=O) groups is 1. The van der Waals surface area contributed by atoms with Gasteiger partial charge < -0.3 is 15.1 Å². The minimum Gasteiger partial charge on any atom is -0.336 e. The summed E-state index contributed by atoms with van der Waals surface area (Å²) in [5, 5.41) is 2.87. The van der Waals surface area contributed by atoms with Crippen molar-refractivity contribution < 1.29 is 9.00 Å². The Kier molecular flexibility index (Phi) is 5.10. The van der Waals surface area contributed by atoms with E-state index in [-0.39, 0.29) is 6.03 Å². The highest BCUT2D eigenvalue weighted by atomic mass is 32.2. The van der Waals surface area contributed by atoms with Crippen LogP contribution in [0.2, 0.25) is 0 Å². The van der Waals surface area contributed by atoms with Gasteiger partial charge in [0.15, 0.2) is 0 Å². The Morgan fingerprint density at radius 1 is 1.14 bits per heavy atom. The number of piperidine rings is 1. The molecule has 120 valence electrons. The van der Waals surface area contributed by atoms with Crippen molar-refractivity contribution in [1.82, 2.24) is 15.1 Å². The smallest absolute Gasteiger partial charge is 0.317 e. The summed E-state index contributed by atoms with van der Waals surface area (Å²) in [6.45, 7) is 4.44. The molecular weight excluding hydrogens is 298 g/mol. The summed E-state index contributed by atoms with van der Waals surface area (Å²) >= 11 is 0. The number of hydrogen-bond donors (Lipinski definition) is 1. The topological polar surface area (TPSA) is 52.7 Å². The molecule has 3 rings (SSSR count). The van der Waals surface area contributed by atoms with Crippen LogP contribution in [0.1, 0.15) is 12.8 Å².